The molecule has 0 spiro atoms. The van der Waals surface area contributed by atoms with E-state index in [9.17, 15) is 0 Å². The zero-order chi connectivity index (χ0) is 16.4. The van der Waals surface area contributed by atoms with E-state index in [0.717, 1.165) is 25.7 Å². The minimum atomic E-state index is -0.126. The van der Waals surface area contributed by atoms with Gasteiger partial charge in [-0.05, 0) is 42.5 Å². The van der Waals surface area contributed by atoms with Crippen LogP contribution in [0.4, 0.5) is 0 Å². The van der Waals surface area contributed by atoms with Crippen LogP contribution < -0.4 is 0 Å². The number of aromatic nitrogens is 2. The Balaban J connectivity index is 1.86. The van der Waals surface area contributed by atoms with Gasteiger partial charge in [0.2, 0.25) is 0 Å². The molecule has 3 nitrogen and oxygen atoms in total. The van der Waals surface area contributed by atoms with Crippen molar-refractivity contribution in [2.45, 2.75) is 31.2 Å². The first-order valence-electron chi connectivity index (χ1n) is 8.38. The van der Waals surface area contributed by atoms with Gasteiger partial charge < -0.3 is 4.57 Å². The Morgan fingerprint density at radius 1 is 1.08 bits per heavy atom. The maximum Gasteiger partial charge on any atom is 0.0991 e. The molecule has 3 heteroatoms. The van der Waals surface area contributed by atoms with Crippen LogP contribution in [0.15, 0.2) is 67.1 Å². The molecule has 24 heavy (non-hydrogen) atoms. The van der Waals surface area contributed by atoms with Crippen LogP contribution in [0.1, 0.15) is 35.2 Å². The maximum absolute atomic E-state index is 9.10. The van der Waals surface area contributed by atoms with E-state index in [0.29, 0.717) is 5.56 Å². The molecule has 1 aliphatic heterocycles. The van der Waals surface area contributed by atoms with Crippen molar-refractivity contribution in [1.29, 1.82) is 5.26 Å². The van der Waals surface area contributed by atoms with Gasteiger partial charge in [0.1, 0.15) is 0 Å². The van der Waals surface area contributed by atoms with Crippen molar-refractivity contribution < 1.29 is 0 Å². The number of hydrogen-bond donors (Lipinski definition) is 0. The molecule has 0 saturated heterocycles. The summed E-state index contributed by atoms with van der Waals surface area (Å²) in [6.07, 6.45) is 8.20. The largest absolute Gasteiger partial charge is 0.324 e. The molecular weight excluding hydrogens is 294 g/mol. The SMILES string of the molecule is N#Cc1ccc(C2(Cc3ccccc3)CCCc3cncn32)cc1. The number of imidazole rings is 1. The summed E-state index contributed by atoms with van der Waals surface area (Å²) in [6, 6.07) is 20.9. The first kappa shape index (κ1) is 14.7. The standard InChI is InChI=1S/C21H19N3/c22-14-18-8-10-19(11-9-18)21(13-17-5-2-1-3-6-17)12-4-7-20-15-23-16-24(20)21/h1-3,5-6,8-11,15-16H,4,7,12-13H2. The summed E-state index contributed by atoms with van der Waals surface area (Å²) >= 11 is 0. The smallest absolute Gasteiger partial charge is 0.0991 e. The Kier molecular flexibility index (Phi) is 3.66. The Hall–Kier alpha value is -2.86. The van der Waals surface area contributed by atoms with Gasteiger partial charge >= 0.3 is 0 Å². The topological polar surface area (TPSA) is 41.6 Å². The molecular formula is C21H19N3. The predicted molar refractivity (Wildman–Crippen MR) is 93.5 cm³/mol. The number of hydrogen-bond acceptors (Lipinski definition) is 2. The summed E-state index contributed by atoms with van der Waals surface area (Å²) in [5.74, 6) is 0. The van der Waals surface area contributed by atoms with Gasteiger partial charge in [-0.2, -0.15) is 5.26 Å². The molecule has 2 aromatic carbocycles. The van der Waals surface area contributed by atoms with Crippen LogP contribution in [-0.2, 0) is 18.4 Å². The highest BCUT2D eigenvalue weighted by atomic mass is 15.1. The van der Waals surface area contributed by atoms with Crippen molar-refractivity contribution in [1.82, 2.24) is 9.55 Å². The minimum absolute atomic E-state index is 0.126. The molecule has 0 radical (unpaired) electrons. The lowest BCUT2D eigenvalue weighted by Gasteiger charge is -2.40. The van der Waals surface area contributed by atoms with E-state index in [1.807, 2.05) is 24.7 Å². The van der Waals surface area contributed by atoms with E-state index in [-0.39, 0.29) is 5.54 Å². The zero-order valence-electron chi connectivity index (χ0n) is 13.5. The van der Waals surface area contributed by atoms with Crippen molar-refractivity contribution in [2.75, 3.05) is 0 Å². The number of benzene rings is 2. The minimum Gasteiger partial charge on any atom is -0.324 e. The number of aryl methyl sites for hydroxylation is 1. The highest BCUT2D eigenvalue weighted by Gasteiger charge is 2.37. The molecule has 0 fully saturated rings. The molecule has 0 amide bonds. The fourth-order valence-corrected chi connectivity index (χ4v) is 3.92. The third-order valence-corrected chi connectivity index (χ3v) is 5.09. The second-order valence-corrected chi connectivity index (χ2v) is 6.49. The van der Waals surface area contributed by atoms with Crippen LogP contribution in [0.2, 0.25) is 0 Å². The molecule has 1 aliphatic rings. The molecule has 0 bridgehead atoms. The van der Waals surface area contributed by atoms with Gasteiger partial charge in [0.05, 0.1) is 23.5 Å². The average Bonchev–Trinajstić information content (AvgIpc) is 3.13. The predicted octanol–water partition coefficient (Wildman–Crippen LogP) is 4.08. The lowest BCUT2D eigenvalue weighted by atomic mass is 9.77. The molecule has 1 aromatic heterocycles. The maximum atomic E-state index is 9.10. The second-order valence-electron chi connectivity index (χ2n) is 6.49. The molecule has 0 saturated carbocycles. The van der Waals surface area contributed by atoms with Crippen LogP contribution in [-0.4, -0.2) is 9.55 Å². The third kappa shape index (κ3) is 2.41. The van der Waals surface area contributed by atoms with E-state index in [1.165, 1.54) is 16.8 Å². The van der Waals surface area contributed by atoms with E-state index >= 15 is 0 Å². The van der Waals surface area contributed by atoms with Crippen molar-refractivity contribution in [3.05, 3.63) is 89.5 Å². The fourth-order valence-electron chi connectivity index (χ4n) is 3.92. The molecule has 0 N–H and O–H groups in total. The first-order valence-corrected chi connectivity index (χ1v) is 8.38. The molecule has 0 aliphatic carbocycles. The molecule has 4 rings (SSSR count). The third-order valence-electron chi connectivity index (χ3n) is 5.09. The monoisotopic (exact) mass is 313 g/mol. The average molecular weight is 313 g/mol. The van der Waals surface area contributed by atoms with Gasteiger partial charge in [0.25, 0.3) is 0 Å². The van der Waals surface area contributed by atoms with Gasteiger partial charge in [0, 0.05) is 18.3 Å². The van der Waals surface area contributed by atoms with Crippen LogP contribution in [0.25, 0.3) is 0 Å². The number of fused-ring (bicyclic) bond motifs is 1. The lowest BCUT2D eigenvalue weighted by molar-refractivity contribution is 0.280. The van der Waals surface area contributed by atoms with Gasteiger partial charge in [0.15, 0.2) is 0 Å². The summed E-state index contributed by atoms with van der Waals surface area (Å²) < 4.78 is 2.35. The van der Waals surface area contributed by atoms with Crippen LogP contribution in [0.3, 0.4) is 0 Å². The lowest BCUT2D eigenvalue weighted by Crippen LogP contribution is -2.40. The Morgan fingerprint density at radius 3 is 2.62 bits per heavy atom. The van der Waals surface area contributed by atoms with Crippen LogP contribution >= 0.6 is 0 Å². The Bertz CT molecular complexity index is 871. The van der Waals surface area contributed by atoms with Crippen LogP contribution in [0, 0.1) is 11.3 Å². The first-order chi connectivity index (χ1) is 11.8. The Morgan fingerprint density at radius 2 is 1.88 bits per heavy atom. The molecule has 1 unspecified atom stereocenters. The summed E-state index contributed by atoms with van der Waals surface area (Å²) in [6.45, 7) is 0. The van der Waals surface area contributed by atoms with Crippen molar-refractivity contribution >= 4 is 0 Å². The van der Waals surface area contributed by atoms with Crippen molar-refractivity contribution in [3.63, 3.8) is 0 Å². The summed E-state index contributed by atoms with van der Waals surface area (Å²) in [4.78, 5) is 4.41. The number of nitrogens with zero attached hydrogens (tertiary/aromatic N) is 3. The molecule has 1 atom stereocenters. The van der Waals surface area contributed by atoms with Crippen LogP contribution in [0.5, 0.6) is 0 Å². The summed E-state index contributed by atoms with van der Waals surface area (Å²) in [5.41, 5.74) is 4.45. The summed E-state index contributed by atoms with van der Waals surface area (Å²) in [5, 5.41) is 9.10. The molecule has 118 valence electrons. The normalized spacial score (nSPS) is 19.5. The van der Waals surface area contributed by atoms with E-state index < -0.39 is 0 Å². The summed E-state index contributed by atoms with van der Waals surface area (Å²) in [7, 11) is 0. The van der Waals surface area contributed by atoms with Crippen molar-refractivity contribution in [3.8, 4) is 6.07 Å². The van der Waals surface area contributed by atoms with E-state index in [1.54, 1.807) is 0 Å². The zero-order valence-corrected chi connectivity index (χ0v) is 13.5. The quantitative estimate of drug-likeness (QED) is 0.731. The van der Waals surface area contributed by atoms with Crippen molar-refractivity contribution in [2.24, 2.45) is 0 Å². The molecule has 2 heterocycles. The highest BCUT2D eigenvalue weighted by Crippen LogP contribution is 2.39. The number of nitriles is 1. The fraction of sp³-hybridized carbons (Fsp3) is 0.238. The van der Waals surface area contributed by atoms with E-state index in [4.69, 9.17) is 5.26 Å². The Labute approximate surface area is 142 Å². The van der Waals surface area contributed by atoms with E-state index in [2.05, 4.69) is 58.1 Å². The second kappa shape index (κ2) is 5.98. The highest BCUT2D eigenvalue weighted by molar-refractivity contribution is 5.38. The molecule has 3 aromatic rings. The van der Waals surface area contributed by atoms with Gasteiger partial charge in [-0.1, -0.05) is 42.5 Å². The van der Waals surface area contributed by atoms with Gasteiger partial charge in [-0.15, -0.1) is 0 Å². The van der Waals surface area contributed by atoms with Gasteiger partial charge in [-0.25, -0.2) is 4.98 Å². The van der Waals surface area contributed by atoms with Gasteiger partial charge in [-0.3, -0.25) is 0 Å². The number of rotatable bonds is 3.